The molecular weight excluding hydrogens is 350 g/mol. The normalized spacial score (nSPS) is 13.6. The number of nitrogens with one attached hydrogen (secondary N) is 1. The van der Waals surface area contributed by atoms with Crippen molar-refractivity contribution in [3.63, 3.8) is 0 Å². The average Bonchev–Trinajstić information content (AvgIpc) is 2.93. The molecule has 0 fully saturated rings. The maximum absolute atomic E-state index is 12.4. The second-order valence-electron chi connectivity index (χ2n) is 6.79. The molecule has 0 saturated carbocycles. The Morgan fingerprint density at radius 3 is 2.81 bits per heavy atom. The van der Waals surface area contributed by atoms with Gasteiger partial charge in [0.25, 0.3) is 5.91 Å². The van der Waals surface area contributed by atoms with Crippen LogP contribution in [0.15, 0.2) is 18.2 Å². The minimum Gasteiger partial charge on any atom is -0.482 e. The van der Waals surface area contributed by atoms with Crippen LogP contribution in [0.25, 0.3) is 11.3 Å². The van der Waals surface area contributed by atoms with Crippen molar-refractivity contribution in [2.45, 2.75) is 27.7 Å². The Bertz CT molecular complexity index is 845. The second kappa shape index (κ2) is 7.45. The van der Waals surface area contributed by atoms with Crippen LogP contribution in [-0.4, -0.2) is 36.5 Å². The number of nitrogens with zero attached hydrogens (tertiary/aromatic N) is 2. The largest absolute Gasteiger partial charge is 0.482 e. The van der Waals surface area contributed by atoms with Gasteiger partial charge in [-0.2, -0.15) is 0 Å². The Morgan fingerprint density at radius 2 is 2.15 bits per heavy atom. The molecule has 7 heteroatoms. The van der Waals surface area contributed by atoms with Crippen LogP contribution in [0.4, 0.5) is 5.69 Å². The van der Waals surface area contributed by atoms with Crippen molar-refractivity contribution in [2.24, 2.45) is 5.92 Å². The predicted octanol–water partition coefficient (Wildman–Crippen LogP) is 2.92. The van der Waals surface area contributed by atoms with Gasteiger partial charge < -0.3 is 10.1 Å². The van der Waals surface area contributed by atoms with Crippen molar-refractivity contribution >= 4 is 28.8 Å². The lowest BCUT2D eigenvalue weighted by Crippen LogP contribution is -2.45. The summed E-state index contributed by atoms with van der Waals surface area (Å²) in [4.78, 5) is 31.8. The lowest BCUT2D eigenvalue weighted by molar-refractivity contribution is -0.125. The first kappa shape index (κ1) is 18.4. The molecule has 6 nitrogen and oxygen atoms in total. The third kappa shape index (κ3) is 3.88. The first-order valence-corrected chi connectivity index (χ1v) is 9.45. The van der Waals surface area contributed by atoms with Gasteiger partial charge in [-0.1, -0.05) is 13.8 Å². The zero-order chi connectivity index (χ0) is 18.8. The molecule has 0 aliphatic carbocycles. The maximum Gasteiger partial charge on any atom is 0.265 e. The number of carbonyl (C=O) groups is 2. The van der Waals surface area contributed by atoms with Crippen molar-refractivity contribution in [3.8, 4) is 17.0 Å². The number of hydrogen-bond acceptors (Lipinski definition) is 5. The molecule has 2 heterocycles. The van der Waals surface area contributed by atoms with Crippen molar-refractivity contribution in [2.75, 3.05) is 24.6 Å². The number of fused-ring (bicyclic) bond motifs is 1. The fourth-order valence-corrected chi connectivity index (χ4v) is 3.68. The summed E-state index contributed by atoms with van der Waals surface area (Å²) >= 11 is 1.64. The van der Waals surface area contributed by atoms with Crippen molar-refractivity contribution in [1.29, 1.82) is 0 Å². The van der Waals surface area contributed by atoms with E-state index in [1.54, 1.807) is 11.3 Å². The highest BCUT2D eigenvalue weighted by Crippen LogP contribution is 2.37. The Kier molecular flexibility index (Phi) is 5.27. The molecule has 0 radical (unpaired) electrons. The van der Waals surface area contributed by atoms with E-state index in [9.17, 15) is 9.59 Å². The number of aryl methyl sites for hydroxylation is 2. The van der Waals surface area contributed by atoms with Gasteiger partial charge in [0.15, 0.2) is 6.61 Å². The van der Waals surface area contributed by atoms with Gasteiger partial charge in [0.1, 0.15) is 12.3 Å². The van der Waals surface area contributed by atoms with Gasteiger partial charge in [0, 0.05) is 17.0 Å². The Morgan fingerprint density at radius 1 is 1.38 bits per heavy atom. The van der Waals surface area contributed by atoms with Gasteiger partial charge in [0.2, 0.25) is 5.91 Å². The van der Waals surface area contributed by atoms with Gasteiger partial charge in [0.05, 0.1) is 16.4 Å². The molecule has 1 aliphatic heterocycles. The average molecular weight is 373 g/mol. The Hall–Kier alpha value is -2.41. The number of hydrogen-bond donors (Lipinski definition) is 1. The lowest BCUT2D eigenvalue weighted by Gasteiger charge is -2.29. The molecular formula is C19H23N3O3S. The van der Waals surface area contributed by atoms with Crippen LogP contribution in [0, 0.1) is 19.8 Å². The van der Waals surface area contributed by atoms with E-state index >= 15 is 0 Å². The Labute approximate surface area is 157 Å². The smallest absolute Gasteiger partial charge is 0.265 e. The molecule has 1 N–H and O–H groups in total. The quantitative estimate of drug-likeness (QED) is 0.875. The highest BCUT2D eigenvalue weighted by atomic mass is 32.1. The van der Waals surface area contributed by atoms with Crippen LogP contribution >= 0.6 is 11.3 Å². The third-order valence-electron chi connectivity index (χ3n) is 4.09. The van der Waals surface area contributed by atoms with E-state index in [-0.39, 0.29) is 25.0 Å². The lowest BCUT2D eigenvalue weighted by atomic mass is 10.1. The fraction of sp³-hybridized carbons (Fsp3) is 0.421. The SMILES string of the molecule is Cc1nc(-c2ccc3c(c2)N(CC(=O)NCC(C)C)C(=O)CO3)c(C)s1. The number of ether oxygens (including phenoxy) is 1. The van der Waals surface area contributed by atoms with Crippen LogP contribution < -0.4 is 15.0 Å². The van der Waals surface area contributed by atoms with Crippen LogP contribution in [0.5, 0.6) is 5.75 Å². The topological polar surface area (TPSA) is 71.5 Å². The molecule has 1 aromatic heterocycles. The van der Waals surface area contributed by atoms with Gasteiger partial charge in [-0.3, -0.25) is 14.5 Å². The minimum atomic E-state index is -0.222. The highest BCUT2D eigenvalue weighted by molar-refractivity contribution is 7.11. The van der Waals surface area contributed by atoms with Crippen LogP contribution in [0.1, 0.15) is 23.7 Å². The molecule has 138 valence electrons. The van der Waals surface area contributed by atoms with E-state index in [0.29, 0.717) is 23.9 Å². The summed E-state index contributed by atoms with van der Waals surface area (Å²) in [7, 11) is 0. The second-order valence-corrected chi connectivity index (χ2v) is 8.19. The number of aromatic nitrogens is 1. The summed E-state index contributed by atoms with van der Waals surface area (Å²) in [5, 5.41) is 3.85. The van der Waals surface area contributed by atoms with Gasteiger partial charge in [-0.15, -0.1) is 11.3 Å². The van der Waals surface area contributed by atoms with Gasteiger partial charge in [-0.25, -0.2) is 4.98 Å². The molecule has 0 spiro atoms. The summed E-state index contributed by atoms with van der Waals surface area (Å²) in [5.41, 5.74) is 2.43. The summed E-state index contributed by atoms with van der Waals surface area (Å²) in [6.07, 6.45) is 0. The van der Waals surface area contributed by atoms with Crippen molar-refractivity contribution in [3.05, 3.63) is 28.1 Å². The molecule has 2 aromatic rings. The molecule has 0 bridgehead atoms. The number of rotatable bonds is 5. The molecule has 1 aliphatic rings. The van der Waals surface area contributed by atoms with Gasteiger partial charge >= 0.3 is 0 Å². The molecule has 0 atom stereocenters. The molecule has 3 rings (SSSR count). The molecule has 2 amide bonds. The summed E-state index contributed by atoms with van der Waals surface area (Å²) in [6, 6.07) is 5.65. The standard InChI is InChI=1S/C19H23N3O3S/c1-11(2)8-20-17(23)9-22-15-7-14(19-12(3)26-13(4)21-19)5-6-16(15)25-10-18(22)24/h5-7,11H,8-10H2,1-4H3,(H,20,23). The first-order chi connectivity index (χ1) is 12.3. The van der Waals surface area contributed by atoms with E-state index in [1.165, 1.54) is 4.90 Å². The van der Waals surface area contributed by atoms with Crippen LogP contribution in [0.2, 0.25) is 0 Å². The number of amides is 2. The van der Waals surface area contributed by atoms with Crippen LogP contribution in [0.3, 0.4) is 0 Å². The summed E-state index contributed by atoms with van der Waals surface area (Å²) in [6.45, 7) is 8.57. The number of anilines is 1. The minimum absolute atomic E-state index is 0.0135. The fourth-order valence-electron chi connectivity index (χ4n) is 2.84. The highest BCUT2D eigenvalue weighted by Gasteiger charge is 2.28. The number of benzene rings is 1. The van der Waals surface area contributed by atoms with E-state index in [4.69, 9.17) is 4.74 Å². The maximum atomic E-state index is 12.4. The molecule has 26 heavy (non-hydrogen) atoms. The van der Waals surface area contributed by atoms with E-state index in [0.717, 1.165) is 21.1 Å². The Balaban J connectivity index is 1.89. The first-order valence-electron chi connectivity index (χ1n) is 8.63. The van der Waals surface area contributed by atoms with E-state index < -0.39 is 0 Å². The van der Waals surface area contributed by atoms with Crippen LogP contribution in [-0.2, 0) is 9.59 Å². The molecule has 1 aromatic carbocycles. The molecule has 0 unspecified atom stereocenters. The monoisotopic (exact) mass is 373 g/mol. The van der Waals surface area contributed by atoms with E-state index in [2.05, 4.69) is 10.3 Å². The van der Waals surface area contributed by atoms with Gasteiger partial charge in [-0.05, 0) is 38.0 Å². The number of thiazole rings is 1. The van der Waals surface area contributed by atoms with Crippen molar-refractivity contribution in [1.82, 2.24) is 10.3 Å². The zero-order valence-corrected chi connectivity index (χ0v) is 16.3. The number of carbonyl (C=O) groups excluding carboxylic acids is 2. The predicted molar refractivity (Wildman–Crippen MR) is 103 cm³/mol. The zero-order valence-electron chi connectivity index (χ0n) is 15.5. The van der Waals surface area contributed by atoms with E-state index in [1.807, 2.05) is 45.9 Å². The summed E-state index contributed by atoms with van der Waals surface area (Å²) < 4.78 is 5.53. The third-order valence-corrected chi connectivity index (χ3v) is 4.97. The molecule has 0 saturated heterocycles. The summed E-state index contributed by atoms with van der Waals surface area (Å²) in [5.74, 6) is 0.565. The van der Waals surface area contributed by atoms with Crippen molar-refractivity contribution < 1.29 is 14.3 Å².